The third kappa shape index (κ3) is 5.04. The minimum Gasteiger partial charge on any atom is -0.466 e. The van der Waals surface area contributed by atoms with Gasteiger partial charge in [0, 0.05) is 23.7 Å². The lowest BCUT2D eigenvalue weighted by molar-refractivity contribution is -0.143. The average Bonchev–Trinajstić information content (AvgIpc) is 2.35. The molecule has 5 heteroatoms. The third-order valence-electron chi connectivity index (χ3n) is 2.41. The number of esters is 1. The van der Waals surface area contributed by atoms with Gasteiger partial charge in [0.2, 0.25) is 0 Å². The van der Waals surface area contributed by atoms with Crippen molar-refractivity contribution in [3.8, 4) is 0 Å². The predicted octanol–water partition coefficient (Wildman–Crippen LogP) is 1.92. The molecular weight excluding hydrogens is 254 g/mol. The molecule has 0 bridgehead atoms. The molecule has 1 aromatic rings. The summed E-state index contributed by atoms with van der Waals surface area (Å²) in [4.78, 5) is 11.1. The minimum absolute atomic E-state index is 0.239. The first-order valence-corrected chi connectivity index (χ1v) is 6.31. The van der Waals surface area contributed by atoms with Crippen LogP contribution in [0.3, 0.4) is 0 Å². The summed E-state index contributed by atoms with van der Waals surface area (Å²) in [6.07, 6.45) is -0.385. The van der Waals surface area contributed by atoms with Crippen molar-refractivity contribution in [2.24, 2.45) is 0 Å². The molecule has 0 heterocycles. The first-order chi connectivity index (χ1) is 8.65. The molecule has 0 spiro atoms. The van der Waals surface area contributed by atoms with Gasteiger partial charge < -0.3 is 15.2 Å². The number of carbonyl (C=O) groups is 1. The molecule has 1 atom stereocenters. The van der Waals surface area contributed by atoms with E-state index in [1.54, 1.807) is 19.1 Å². The van der Waals surface area contributed by atoms with Gasteiger partial charge in [-0.25, -0.2) is 0 Å². The summed E-state index contributed by atoms with van der Waals surface area (Å²) in [6, 6.07) is 7.15. The number of aliphatic hydroxyl groups is 1. The van der Waals surface area contributed by atoms with E-state index in [-0.39, 0.29) is 5.97 Å². The molecule has 0 amide bonds. The molecule has 0 aliphatic heterocycles. The molecule has 0 saturated carbocycles. The molecule has 0 saturated heterocycles. The number of aliphatic hydroxyl groups excluding tert-OH is 1. The summed E-state index contributed by atoms with van der Waals surface area (Å²) in [5.74, 6) is -0.239. The van der Waals surface area contributed by atoms with E-state index >= 15 is 0 Å². The van der Waals surface area contributed by atoms with Gasteiger partial charge in [-0.15, -0.1) is 0 Å². The Morgan fingerprint density at radius 2 is 2.22 bits per heavy atom. The SMILES string of the molecule is CCOC(=O)CCNCC(O)c1ccccc1Cl. The van der Waals surface area contributed by atoms with Gasteiger partial charge in [-0.2, -0.15) is 0 Å². The molecule has 1 unspecified atom stereocenters. The fourth-order valence-corrected chi connectivity index (χ4v) is 1.78. The van der Waals surface area contributed by atoms with Crippen molar-refractivity contribution < 1.29 is 14.6 Å². The average molecular weight is 272 g/mol. The van der Waals surface area contributed by atoms with E-state index in [1.165, 1.54) is 0 Å². The number of carbonyl (C=O) groups excluding carboxylic acids is 1. The molecule has 1 aromatic carbocycles. The van der Waals surface area contributed by atoms with Crippen LogP contribution in [0.2, 0.25) is 5.02 Å². The molecule has 0 aliphatic rings. The number of ether oxygens (including phenoxy) is 1. The molecule has 0 radical (unpaired) electrons. The van der Waals surface area contributed by atoms with Crippen LogP contribution in [-0.4, -0.2) is 30.8 Å². The zero-order valence-corrected chi connectivity index (χ0v) is 11.1. The standard InChI is InChI=1S/C13H18ClNO3/c1-2-18-13(17)7-8-15-9-12(16)10-5-3-4-6-11(10)14/h3-6,12,15-16H,2,7-9H2,1H3. The smallest absolute Gasteiger partial charge is 0.307 e. The van der Waals surface area contributed by atoms with Crippen LogP contribution in [0.4, 0.5) is 0 Å². The van der Waals surface area contributed by atoms with Crippen LogP contribution in [-0.2, 0) is 9.53 Å². The summed E-state index contributed by atoms with van der Waals surface area (Å²) < 4.78 is 4.79. The van der Waals surface area contributed by atoms with Crippen molar-refractivity contribution in [2.75, 3.05) is 19.7 Å². The topological polar surface area (TPSA) is 58.6 Å². The van der Waals surface area contributed by atoms with E-state index in [0.717, 1.165) is 0 Å². The maximum absolute atomic E-state index is 11.1. The van der Waals surface area contributed by atoms with Gasteiger partial charge in [0.15, 0.2) is 0 Å². The summed E-state index contributed by atoms with van der Waals surface area (Å²) in [7, 11) is 0. The van der Waals surface area contributed by atoms with E-state index in [2.05, 4.69) is 5.32 Å². The van der Waals surface area contributed by atoms with Crippen molar-refractivity contribution in [3.05, 3.63) is 34.9 Å². The minimum atomic E-state index is -0.680. The fraction of sp³-hybridized carbons (Fsp3) is 0.462. The van der Waals surface area contributed by atoms with Crippen molar-refractivity contribution in [1.29, 1.82) is 0 Å². The number of hydrogen-bond acceptors (Lipinski definition) is 4. The van der Waals surface area contributed by atoms with Gasteiger partial charge in [-0.3, -0.25) is 4.79 Å². The molecular formula is C13H18ClNO3. The Hall–Kier alpha value is -1.10. The molecule has 100 valence electrons. The molecule has 0 aromatic heterocycles. The first-order valence-electron chi connectivity index (χ1n) is 5.94. The second-order valence-electron chi connectivity index (χ2n) is 3.80. The van der Waals surface area contributed by atoms with Gasteiger partial charge in [-0.1, -0.05) is 29.8 Å². The van der Waals surface area contributed by atoms with Crippen molar-refractivity contribution in [2.45, 2.75) is 19.4 Å². The summed E-state index contributed by atoms with van der Waals surface area (Å²) in [5.41, 5.74) is 0.683. The Kier molecular flexibility index (Phi) is 6.72. The van der Waals surface area contributed by atoms with E-state index in [1.807, 2.05) is 12.1 Å². The highest BCUT2D eigenvalue weighted by Crippen LogP contribution is 2.21. The normalized spacial score (nSPS) is 12.2. The van der Waals surface area contributed by atoms with Crippen molar-refractivity contribution in [3.63, 3.8) is 0 Å². The number of halogens is 1. The van der Waals surface area contributed by atoms with Crippen LogP contribution in [0.5, 0.6) is 0 Å². The van der Waals surface area contributed by atoms with Gasteiger partial charge in [-0.05, 0) is 13.0 Å². The second-order valence-corrected chi connectivity index (χ2v) is 4.20. The van der Waals surface area contributed by atoms with Gasteiger partial charge >= 0.3 is 5.97 Å². The molecule has 1 rings (SSSR count). The molecule has 4 nitrogen and oxygen atoms in total. The highest BCUT2D eigenvalue weighted by atomic mass is 35.5. The van der Waals surface area contributed by atoms with Crippen molar-refractivity contribution >= 4 is 17.6 Å². The second kappa shape index (κ2) is 8.08. The van der Waals surface area contributed by atoms with Gasteiger partial charge in [0.05, 0.1) is 19.1 Å². The highest BCUT2D eigenvalue weighted by Gasteiger charge is 2.10. The van der Waals surface area contributed by atoms with Crippen molar-refractivity contribution in [1.82, 2.24) is 5.32 Å². The van der Waals surface area contributed by atoms with Crippen LogP contribution in [0.15, 0.2) is 24.3 Å². The van der Waals surface area contributed by atoms with Gasteiger partial charge in [0.1, 0.15) is 0 Å². The highest BCUT2D eigenvalue weighted by molar-refractivity contribution is 6.31. The zero-order chi connectivity index (χ0) is 13.4. The molecule has 18 heavy (non-hydrogen) atoms. The predicted molar refractivity (Wildman–Crippen MR) is 70.5 cm³/mol. The molecule has 2 N–H and O–H groups in total. The Morgan fingerprint density at radius 3 is 2.89 bits per heavy atom. The quantitative estimate of drug-likeness (QED) is 0.588. The Bertz CT molecular complexity index is 384. The van der Waals surface area contributed by atoms with E-state index < -0.39 is 6.10 Å². The number of hydrogen-bond donors (Lipinski definition) is 2. The Morgan fingerprint density at radius 1 is 1.50 bits per heavy atom. The lowest BCUT2D eigenvalue weighted by Gasteiger charge is -2.13. The largest absolute Gasteiger partial charge is 0.466 e. The number of rotatable bonds is 7. The summed E-state index contributed by atoms with van der Waals surface area (Å²) in [5, 5.41) is 13.4. The fourth-order valence-electron chi connectivity index (χ4n) is 1.52. The number of benzene rings is 1. The lowest BCUT2D eigenvalue weighted by atomic mass is 10.1. The van der Waals surface area contributed by atoms with Crippen LogP contribution in [0, 0.1) is 0 Å². The molecule has 0 fully saturated rings. The number of nitrogens with one attached hydrogen (secondary N) is 1. The maximum atomic E-state index is 11.1. The monoisotopic (exact) mass is 271 g/mol. The summed E-state index contributed by atoms with van der Waals surface area (Å²) in [6.45, 7) is 2.98. The third-order valence-corrected chi connectivity index (χ3v) is 2.76. The van der Waals surface area contributed by atoms with Gasteiger partial charge in [0.25, 0.3) is 0 Å². The van der Waals surface area contributed by atoms with Crippen LogP contribution < -0.4 is 5.32 Å². The maximum Gasteiger partial charge on any atom is 0.307 e. The summed E-state index contributed by atoms with van der Waals surface area (Å²) >= 11 is 5.96. The first kappa shape index (κ1) is 15.0. The van der Waals surface area contributed by atoms with Crippen LogP contribution in [0.25, 0.3) is 0 Å². The van der Waals surface area contributed by atoms with E-state index in [4.69, 9.17) is 16.3 Å². The van der Waals surface area contributed by atoms with E-state index in [0.29, 0.717) is 36.7 Å². The Labute approximate surface area is 112 Å². The van der Waals surface area contributed by atoms with E-state index in [9.17, 15) is 9.90 Å². The lowest BCUT2D eigenvalue weighted by Crippen LogP contribution is -2.24. The molecule has 0 aliphatic carbocycles. The zero-order valence-electron chi connectivity index (χ0n) is 10.4. The van der Waals surface area contributed by atoms with Crippen LogP contribution >= 0.6 is 11.6 Å². The van der Waals surface area contributed by atoms with Crippen LogP contribution in [0.1, 0.15) is 25.0 Å². The Balaban J connectivity index is 2.28.